The number of fused-ring (bicyclic) bond motifs is 6. The number of benzene rings is 3. The van der Waals surface area contributed by atoms with Gasteiger partial charge in [0.1, 0.15) is 11.6 Å². The van der Waals surface area contributed by atoms with Gasteiger partial charge in [-0.05, 0) is 29.8 Å². The highest BCUT2D eigenvalue weighted by atomic mass is 16.5. The predicted molar refractivity (Wildman–Crippen MR) is 107 cm³/mol. The Bertz CT molecular complexity index is 1250. The molecule has 1 aromatic heterocycles. The van der Waals surface area contributed by atoms with E-state index in [0.29, 0.717) is 5.90 Å². The number of para-hydroxylation sites is 3. The molecule has 3 heterocycles. The first-order valence-corrected chi connectivity index (χ1v) is 8.97. The Hall–Kier alpha value is -3.66. The maximum absolute atomic E-state index is 6.17. The summed E-state index contributed by atoms with van der Waals surface area (Å²) in [4.78, 5) is 9.91. The van der Waals surface area contributed by atoms with Crippen molar-refractivity contribution < 1.29 is 4.74 Å². The largest absolute Gasteiger partial charge is 0.438 e. The molecule has 3 aromatic carbocycles. The van der Waals surface area contributed by atoms with E-state index in [-0.39, 0.29) is 6.17 Å². The first-order valence-electron chi connectivity index (χ1n) is 8.97. The maximum atomic E-state index is 6.17. The van der Waals surface area contributed by atoms with Crippen molar-refractivity contribution in [2.45, 2.75) is 6.17 Å². The lowest BCUT2D eigenvalue weighted by Gasteiger charge is -2.28. The average molecular weight is 349 g/mol. The minimum Gasteiger partial charge on any atom is -0.438 e. The van der Waals surface area contributed by atoms with E-state index in [9.17, 15) is 0 Å². The van der Waals surface area contributed by atoms with E-state index in [2.05, 4.69) is 34.9 Å². The first-order chi connectivity index (χ1) is 13.4. The normalized spacial score (nSPS) is 17.3. The molecule has 1 atom stereocenters. The molecule has 0 spiro atoms. The van der Waals surface area contributed by atoms with E-state index in [1.165, 1.54) is 0 Å². The van der Waals surface area contributed by atoms with E-state index in [0.717, 1.165) is 39.3 Å². The van der Waals surface area contributed by atoms with Crippen LogP contribution in [0, 0.1) is 0 Å². The molecule has 2 aliphatic heterocycles. The van der Waals surface area contributed by atoms with Crippen molar-refractivity contribution in [3.63, 3.8) is 0 Å². The first kappa shape index (κ1) is 14.5. The number of hydrogen-bond donors (Lipinski definition) is 0. The molecular weight excluding hydrogens is 334 g/mol. The highest BCUT2D eigenvalue weighted by molar-refractivity contribution is 6.26. The summed E-state index contributed by atoms with van der Waals surface area (Å²) in [5.74, 6) is 2.35. The summed E-state index contributed by atoms with van der Waals surface area (Å²) in [7, 11) is 0. The summed E-state index contributed by atoms with van der Waals surface area (Å²) in [5.41, 5.74) is 5.12. The molecule has 128 valence electrons. The van der Waals surface area contributed by atoms with E-state index in [4.69, 9.17) is 14.7 Å². The van der Waals surface area contributed by atoms with Gasteiger partial charge in [-0.2, -0.15) is 0 Å². The van der Waals surface area contributed by atoms with Crippen molar-refractivity contribution in [2.24, 2.45) is 4.99 Å². The third-order valence-electron chi connectivity index (χ3n) is 5.07. The second-order valence-electron chi connectivity index (χ2n) is 6.71. The predicted octanol–water partition coefficient (Wildman–Crippen LogP) is 4.93. The molecule has 4 nitrogen and oxygen atoms in total. The fourth-order valence-corrected chi connectivity index (χ4v) is 3.82. The molecule has 6 rings (SSSR count). The van der Waals surface area contributed by atoms with Gasteiger partial charge in [0.15, 0.2) is 6.17 Å². The Morgan fingerprint density at radius 3 is 2.52 bits per heavy atom. The van der Waals surface area contributed by atoms with Crippen LogP contribution < -0.4 is 4.74 Å². The molecule has 2 aliphatic rings. The van der Waals surface area contributed by atoms with Gasteiger partial charge in [0.25, 0.3) is 0 Å². The van der Waals surface area contributed by atoms with Gasteiger partial charge in [0.2, 0.25) is 5.90 Å². The van der Waals surface area contributed by atoms with Gasteiger partial charge in [-0.3, -0.25) is 4.57 Å². The number of aromatic nitrogens is 2. The number of rotatable bonds is 1. The molecule has 0 bridgehead atoms. The molecule has 0 saturated heterocycles. The third kappa shape index (κ3) is 2.10. The zero-order chi connectivity index (χ0) is 17.8. The fourth-order valence-electron chi connectivity index (χ4n) is 3.82. The average Bonchev–Trinajstić information content (AvgIpc) is 3.12. The van der Waals surface area contributed by atoms with Gasteiger partial charge in [-0.15, -0.1) is 0 Å². The van der Waals surface area contributed by atoms with Crippen LogP contribution >= 0.6 is 0 Å². The standard InChI is InChI=1S/C23H15N3O/c1-2-8-15(9-3-1)21-25-23-17(14-16-10-4-7-13-20(16)27-23)22-24-18-11-5-6-12-19(18)26(21)22/h1-14,21H/t21-/m0/s1. The van der Waals surface area contributed by atoms with E-state index in [1.807, 2.05) is 54.6 Å². The molecule has 27 heavy (non-hydrogen) atoms. The number of nitrogens with zero attached hydrogens (tertiary/aromatic N) is 3. The highest BCUT2D eigenvalue weighted by Crippen LogP contribution is 2.39. The summed E-state index contributed by atoms with van der Waals surface area (Å²) in [6, 6.07) is 26.5. The van der Waals surface area contributed by atoms with Gasteiger partial charge in [-0.25, -0.2) is 9.98 Å². The summed E-state index contributed by atoms with van der Waals surface area (Å²) >= 11 is 0. The van der Waals surface area contributed by atoms with E-state index >= 15 is 0 Å². The summed E-state index contributed by atoms with van der Waals surface area (Å²) in [5, 5.41) is 0. The van der Waals surface area contributed by atoms with Crippen LogP contribution in [-0.2, 0) is 0 Å². The van der Waals surface area contributed by atoms with Crippen molar-refractivity contribution in [3.8, 4) is 5.75 Å². The quantitative estimate of drug-likeness (QED) is 0.489. The fraction of sp³-hybridized carbons (Fsp3) is 0.0435. The summed E-state index contributed by atoms with van der Waals surface area (Å²) < 4.78 is 8.37. The molecule has 4 aromatic rings. The second-order valence-corrected chi connectivity index (χ2v) is 6.71. The zero-order valence-corrected chi connectivity index (χ0v) is 14.4. The lowest BCUT2D eigenvalue weighted by atomic mass is 10.0. The molecule has 0 saturated carbocycles. The van der Waals surface area contributed by atoms with Gasteiger partial charge in [-0.1, -0.05) is 60.7 Å². The van der Waals surface area contributed by atoms with Gasteiger partial charge in [0, 0.05) is 5.56 Å². The summed E-state index contributed by atoms with van der Waals surface area (Å²) in [6.45, 7) is 0. The van der Waals surface area contributed by atoms with Crippen LogP contribution in [-0.4, -0.2) is 15.4 Å². The van der Waals surface area contributed by atoms with E-state index in [1.54, 1.807) is 0 Å². The smallest absolute Gasteiger partial charge is 0.228 e. The van der Waals surface area contributed by atoms with Crippen LogP contribution in [0.1, 0.15) is 23.1 Å². The molecule has 4 heteroatoms. The third-order valence-corrected chi connectivity index (χ3v) is 5.07. The molecular formula is C23H15N3O. The molecule has 0 unspecified atom stereocenters. The Kier molecular flexibility index (Phi) is 2.91. The van der Waals surface area contributed by atoms with E-state index < -0.39 is 0 Å². The van der Waals surface area contributed by atoms with Crippen LogP contribution in [0.4, 0.5) is 0 Å². The van der Waals surface area contributed by atoms with Crippen molar-refractivity contribution in [1.82, 2.24) is 9.55 Å². The molecule has 0 radical (unpaired) electrons. The Morgan fingerprint density at radius 2 is 1.59 bits per heavy atom. The number of hydrogen-bond acceptors (Lipinski definition) is 3. The van der Waals surface area contributed by atoms with Crippen LogP contribution in [0.5, 0.6) is 5.75 Å². The maximum Gasteiger partial charge on any atom is 0.228 e. The Morgan fingerprint density at radius 1 is 0.815 bits per heavy atom. The number of ether oxygens (including phenoxy) is 1. The summed E-state index contributed by atoms with van der Waals surface area (Å²) in [6.07, 6.45) is 1.92. The van der Waals surface area contributed by atoms with Crippen molar-refractivity contribution in [3.05, 3.63) is 95.8 Å². The van der Waals surface area contributed by atoms with Crippen molar-refractivity contribution in [1.29, 1.82) is 0 Å². The Labute approximate surface area is 156 Å². The minimum atomic E-state index is -0.203. The van der Waals surface area contributed by atoms with Crippen LogP contribution in [0.25, 0.3) is 22.7 Å². The topological polar surface area (TPSA) is 39.4 Å². The lowest BCUT2D eigenvalue weighted by molar-refractivity contribution is 0.516. The Balaban J connectivity index is 1.67. The second kappa shape index (κ2) is 5.42. The van der Waals surface area contributed by atoms with Gasteiger partial charge in [0.05, 0.1) is 16.6 Å². The van der Waals surface area contributed by atoms with Crippen LogP contribution in [0.3, 0.4) is 0 Å². The minimum absolute atomic E-state index is 0.203. The highest BCUT2D eigenvalue weighted by Gasteiger charge is 2.33. The monoisotopic (exact) mass is 349 g/mol. The van der Waals surface area contributed by atoms with Crippen LogP contribution in [0.2, 0.25) is 0 Å². The van der Waals surface area contributed by atoms with Crippen molar-refractivity contribution in [2.75, 3.05) is 0 Å². The molecule has 0 aliphatic carbocycles. The number of imidazole rings is 1. The van der Waals surface area contributed by atoms with Crippen molar-refractivity contribution >= 4 is 28.6 Å². The van der Waals surface area contributed by atoms with Crippen LogP contribution in [0.15, 0.2) is 83.9 Å². The van der Waals surface area contributed by atoms with Gasteiger partial charge >= 0.3 is 0 Å². The molecule has 0 fully saturated rings. The SMILES string of the molecule is C1=C2C(=N[C@H](c3ccccc3)n3c2nc2ccccc23)Oc2ccccc21. The molecule has 0 amide bonds. The van der Waals surface area contributed by atoms with Gasteiger partial charge < -0.3 is 4.74 Å². The zero-order valence-electron chi connectivity index (χ0n) is 14.4. The molecule has 0 N–H and O–H groups in total. The lowest BCUT2D eigenvalue weighted by Crippen LogP contribution is -2.26. The number of aliphatic imine (C=N–C) groups is 1.